The molecule has 0 aliphatic heterocycles. The van der Waals surface area contributed by atoms with Crippen LogP contribution in [0, 0.1) is 0 Å². The number of thioether (sulfide) groups is 1. The summed E-state index contributed by atoms with van der Waals surface area (Å²) < 4.78 is 6.90. The van der Waals surface area contributed by atoms with Crippen molar-refractivity contribution in [3.8, 4) is 11.4 Å². The van der Waals surface area contributed by atoms with Gasteiger partial charge in [-0.1, -0.05) is 11.8 Å². The van der Waals surface area contributed by atoms with Crippen molar-refractivity contribution in [3.05, 3.63) is 54.4 Å². The number of pyridine rings is 1. The van der Waals surface area contributed by atoms with Crippen molar-refractivity contribution in [2.75, 3.05) is 17.7 Å². The van der Waals surface area contributed by atoms with E-state index in [-0.39, 0.29) is 17.6 Å². The van der Waals surface area contributed by atoms with Crippen molar-refractivity contribution in [2.24, 2.45) is 0 Å². The van der Waals surface area contributed by atoms with Gasteiger partial charge in [0.2, 0.25) is 5.91 Å². The number of hydrogen-bond acceptors (Lipinski definition) is 7. The van der Waals surface area contributed by atoms with Crippen LogP contribution in [0.25, 0.3) is 11.4 Å². The fourth-order valence-electron chi connectivity index (χ4n) is 2.63. The predicted molar refractivity (Wildman–Crippen MR) is 111 cm³/mol. The molecule has 0 atom stereocenters. The first kappa shape index (κ1) is 20.5. The second-order valence-corrected chi connectivity index (χ2v) is 6.86. The number of ether oxygens (including phenoxy) is 1. The second kappa shape index (κ2) is 9.83. The Hall–Kier alpha value is -3.20. The molecular weight excluding hydrogens is 390 g/mol. The lowest BCUT2D eigenvalue weighted by molar-refractivity contribution is -0.113. The third-order valence-electron chi connectivity index (χ3n) is 3.98. The molecule has 8 nitrogen and oxygen atoms in total. The topological polar surface area (TPSA) is 99.0 Å². The SMILES string of the molecule is CCOC(=O)c1ccc(NC(=O)CSc2nnc(-c3ccncc3)n2CC)cc1. The summed E-state index contributed by atoms with van der Waals surface area (Å²) in [5.41, 5.74) is 1.98. The van der Waals surface area contributed by atoms with Gasteiger partial charge in [0.25, 0.3) is 0 Å². The molecule has 3 aromatic rings. The van der Waals surface area contributed by atoms with E-state index < -0.39 is 0 Å². The lowest BCUT2D eigenvalue weighted by Gasteiger charge is -2.08. The quantitative estimate of drug-likeness (QED) is 0.449. The molecule has 1 aromatic carbocycles. The fourth-order valence-corrected chi connectivity index (χ4v) is 3.43. The average molecular weight is 411 g/mol. The number of aromatic nitrogens is 4. The minimum atomic E-state index is -0.384. The summed E-state index contributed by atoms with van der Waals surface area (Å²) >= 11 is 1.32. The highest BCUT2D eigenvalue weighted by atomic mass is 32.2. The minimum absolute atomic E-state index is 0.171. The van der Waals surface area contributed by atoms with Crippen molar-refractivity contribution < 1.29 is 14.3 Å². The van der Waals surface area contributed by atoms with Gasteiger partial charge in [0.1, 0.15) is 0 Å². The van der Waals surface area contributed by atoms with Crippen molar-refractivity contribution in [1.29, 1.82) is 0 Å². The van der Waals surface area contributed by atoms with Crippen LogP contribution < -0.4 is 5.32 Å². The first-order valence-corrected chi connectivity index (χ1v) is 10.1. The molecule has 9 heteroatoms. The Morgan fingerprint density at radius 1 is 1.07 bits per heavy atom. The van der Waals surface area contributed by atoms with Crippen LogP contribution in [0.15, 0.2) is 53.9 Å². The largest absolute Gasteiger partial charge is 0.462 e. The standard InChI is InChI=1S/C20H21N5O3S/c1-3-25-18(14-9-11-21-12-10-14)23-24-20(25)29-13-17(26)22-16-7-5-15(6-8-16)19(27)28-4-2/h5-12H,3-4,13H2,1-2H3,(H,22,26). The zero-order chi connectivity index (χ0) is 20.6. The summed E-state index contributed by atoms with van der Waals surface area (Å²) in [6.45, 7) is 4.76. The van der Waals surface area contributed by atoms with E-state index in [1.54, 1.807) is 43.6 Å². The van der Waals surface area contributed by atoms with Crippen LogP contribution in [-0.2, 0) is 16.1 Å². The molecule has 1 amide bonds. The van der Waals surface area contributed by atoms with Crippen LogP contribution in [-0.4, -0.2) is 44.0 Å². The third-order valence-corrected chi connectivity index (χ3v) is 4.95. The van der Waals surface area contributed by atoms with Gasteiger partial charge in [-0.05, 0) is 50.2 Å². The summed E-state index contributed by atoms with van der Waals surface area (Å²) in [6, 6.07) is 10.3. The van der Waals surface area contributed by atoms with Gasteiger partial charge in [-0.15, -0.1) is 10.2 Å². The summed E-state index contributed by atoms with van der Waals surface area (Å²) in [4.78, 5) is 28.0. The molecule has 0 saturated carbocycles. The highest BCUT2D eigenvalue weighted by molar-refractivity contribution is 7.99. The van der Waals surface area contributed by atoms with Gasteiger partial charge >= 0.3 is 5.97 Å². The predicted octanol–water partition coefficient (Wildman–Crippen LogP) is 3.27. The van der Waals surface area contributed by atoms with E-state index >= 15 is 0 Å². The maximum atomic E-state index is 12.3. The Bertz CT molecular complexity index is 974. The third kappa shape index (κ3) is 5.20. The first-order valence-electron chi connectivity index (χ1n) is 9.15. The molecule has 1 N–H and O–H groups in total. The maximum absolute atomic E-state index is 12.3. The van der Waals surface area contributed by atoms with Crippen LogP contribution in [0.3, 0.4) is 0 Å². The molecule has 0 fully saturated rings. The van der Waals surface area contributed by atoms with Crippen LogP contribution in [0.4, 0.5) is 5.69 Å². The Labute approximate surface area is 172 Å². The molecule has 3 rings (SSSR count). The molecule has 0 radical (unpaired) electrons. The van der Waals surface area contributed by atoms with Gasteiger partial charge in [-0.3, -0.25) is 9.78 Å². The second-order valence-electron chi connectivity index (χ2n) is 5.92. The van der Waals surface area contributed by atoms with Gasteiger partial charge in [0.15, 0.2) is 11.0 Å². The monoisotopic (exact) mass is 411 g/mol. The maximum Gasteiger partial charge on any atom is 0.338 e. The molecular formula is C20H21N5O3S. The van der Waals surface area contributed by atoms with Crippen LogP contribution in [0.2, 0.25) is 0 Å². The molecule has 150 valence electrons. The summed E-state index contributed by atoms with van der Waals surface area (Å²) in [7, 11) is 0. The lowest BCUT2D eigenvalue weighted by atomic mass is 10.2. The number of carbonyl (C=O) groups excluding carboxylic acids is 2. The Kier molecular flexibility index (Phi) is 6.96. The van der Waals surface area contributed by atoms with Crippen LogP contribution in [0.1, 0.15) is 24.2 Å². The van der Waals surface area contributed by atoms with E-state index in [2.05, 4.69) is 20.5 Å². The number of rotatable bonds is 8. The molecule has 0 aliphatic carbocycles. The van der Waals surface area contributed by atoms with Crippen LogP contribution >= 0.6 is 11.8 Å². The van der Waals surface area contributed by atoms with Gasteiger partial charge in [0.05, 0.1) is 17.9 Å². The highest BCUT2D eigenvalue weighted by Crippen LogP contribution is 2.23. The smallest absolute Gasteiger partial charge is 0.338 e. The van der Waals surface area contributed by atoms with Crippen molar-refractivity contribution in [2.45, 2.75) is 25.5 Å². The molecule has 0 aliphatic rings. The van der Waals surface area contributed by atoms with E-state index in [0.717, 1.165) is 11.4 Å². The van der Waals surface area contributed by atoms with Crippen molar-refractivity contribution >= 4 is 29.3 Å². The zero-order valence-electron chi connectivity index (χ0n) is 16.2. The molecule has 2 aromatic heterocycles. The number of nitrogens with zero attached hydrogens (tertiary/aromatic N) is 4. The average Bonchev–Trinajstić information content (AvgIpc) is 3.16. The Morgan fingerprint density at radius 2 is 1.79 bits per heavy atom. The number of hydrogen-bond donors (Lipinski definition) is 1. The first-order chi connectivity index (χ1) is 14.1. The number of esters is 1. The molecule has 0 spiro atoms. The number of nitrogens with one attached hydrogen (secondary N) is 1. The number of carbonyl (C=O) groups is 2. The summed E-state index contributed by atoms with van der Waals surface area (Å²) in [5, 5.41) is 11.9. The van der Waals surface area contributed by atoms with E-state index in [4.69, 9.17) is 4.74 Å². The summed E-state index contributed by atoms with van der Waals surface area (Å²) in [5.74, 6) is 0.376. The molecule has 0 unspecified atom stereocenters. The van der Waals surface area contributed by atoms with Crippen molar-refractivity contribution in [3.63, 3.8) is 0 Å². The lowest BCUT2D eigenvalue weighted by Crippen LogP contribution is -2.15. The Balaban J connectivity index is 1.60. The van der Waals surface area contributed by atoms with E-state index in [0.29, 0.717) is 29.6 Å². The molecule has 0 bridgehead atoms. The summed E-state index contributed by atoms with van der Waals surface area (Å²) in [6.07, 6.45) is 3.41. The van der Waals surface area contributed by atoms with Crippen molar-refractivity contribution in [1.82, 2.24) is 19.7 Å². The van der Waals surface area contributed by atoms with E-state index in [9.17, 15) is 9.59 Å². The van der Waals surface area contributed by atoms with Gasteiger partial charge in [-0.2, -0.15) is 0 Å². The molecule has 2 heterocycles. The normalized spacial score (nSPS) is 10.6. The molecule has 0 saturated heterocycles. The van der Waals surface area contributed by atoms with E-state index in [1.165, 1.54) is 11.8 Å². The van der Waals surface area contributed by atoms with Gasteiger partial charge in [0, 0.05) is 30.2 Å². The zero-order valence-corrected chi connectivity index (χ0v) is 17.0. The van der Waals surface area contributed by atoms with Gasteiger partial charge in [-0.25, -0.2) is 4.79 Å². The fraction of sp³-hybridized carbons (Fsp3) is 0.250. The van der Waals surface area contributed by atoms with Crippen LogP contribution in [0.5, 0.6) is 0 Å². The molecule has 29 heavy (non-hydrogen) atoms. The minimum Gasteiger partial charge on any atom is -0.462 e. The number of amides is 1. The van der Waals surface area contributed by atoms with E-state index in [1.807, 2.05) is 23.6 Å². The number of benzene rings is 1. The Morgan fingerprint density at radius 3 is 2.45 bits per heavy atom. The highest BCUT2D eigenvalue weighted by Gasteiger charge is 2.15. The van der Waals surface area contributed by atoms with Gasteiger partial charge < -0.3 is 14.6 Å². The number of anilines is 1.